The molecule has 132 valence electrons. The lowest BCUT2D eigenvalue weighted by atomic mass is 10.1. The number of ether oxygens (including phenoxy) is 1. The van der Waals surface area contributed by atoms with Crippen molar-refractivity contribution in [3.05, 3.63) is 0 Å². The number of carbonyl (C=O) groups excluding carboxylic acids is 2. The van der Waals surface area contributed by atoms with Crippen molar-refractivity contribution in [3.63, 3.8) is 0 Å². The molecule has 1 rings (SSSR count). The fourth-order valence-corrected chi connectivity index (χ4v) is 2.63. The lowest BCUT2D eigenvalue weighted by Crippen LogP contribution is -2.43. The lowest BCUT2D eigenvalue weighted by Gasteiger charge is -2.25. The first-order valence-electron chi connectivity index (χ1n) is 7.69. The zero-order valence-electron chi connectivity index (χ0n) is 13.8. The molecule has 0 bridgehead atoms. The quantitative estimate of drug-likeness (QED) is 0.540. The highest BCUT2D eigenvalue weighted by atomic mass is 35.5. The second-order valence-corrected chi connectivity index (χ2v) is 7.00. The largest absolute Gasteiger partial charge is 0.480 e. The topological polar surface area (TPSA) is 95.9 Å². The summed E-state index contributed by atoms with van der Waals surface area (Å²) < 4.78 is 5.09. The zero-order chi connectivity index (χ0) is 17.6. The standard InChI is InChI=1S/C15H25ClN2O5/c1-15(2,3)23-14(22)17-6-4-5-11(13(20)21)18-9-10(8-16)7-12(18)19/h10-11H,4-9H2,1-3H3,(H,17,22)(H,20,21)/t10?,11-/m0/s1. The Morgan fingerprint density at radius 2 is 2.13 bits per heavy atom. The lowest BCUT2D eigenvalue weighted by molar-refractivity contribution is -0.148. The molecule has 1 heterocycles. The van der Waals surface area contributed by atoms with E-state index in [2.05, 4.69) is 5.32 Å². The molecular formula is C15H25ClN2O5. The summed E-state index contributed by atoms with van der Waals surface area (Å²) in [4.78, 5) is 36.2. The van der Waals surface area contributed by atoms with Gasteiger partial charge in [0.1, 0.15) is 11.6 Å². The van der Waals surface area contributed by atoms with Gasteiger partial charge in [-0.25, -0.2) is 9.59 Å². The summed E-state index contributed by atoms with van der Waals surface area (Å²) in [5, 5.41) is 11.9. The van der Waals surface area contributed by atoms with Crippen LogP contribution in [0.25, 0.3) is 0 Å². The number of carboxylic acids is 1. The number of likely N-dealkylation sites (tertiary alicyclic amines) is 1. The van der Waals surface area contributed by atoms with E-state index in [1.54, 1.807) is 20.8 Å². The molecule has 0 radical (unpaired) electrons. The first-order valence-corrected chi connectivity index (χ1v) is 8.22. The van der Waals surface area contributed by atoms with Crippen LogP contribution in [0.5, 0.6) is 0 Å². The Bertz CT molecular complexity index is 450. The maximum atomic E-state index is 11.9. The van der Waals surface area contributed by atoms with Crippen LogP contribution in [-0.4, -0.2) is 58.6 Å². The molecule has 0 aliphatic carbocycles. The number of alkyl carbamates (subject to hydrolysis) is 1. The minimum Gasteiger partial charge on any atom is -0.480 e. The number of rotatable bonds is 7. The van der Waals surface area contributed by atoms with Gasteiger partial charge in [0.15, 0.2) is 0 Å². The molecule has 2 N–H and O–H groups in total. The highest BCUT2D eigenvalue weighted by molar-refractivity contribution is 6.18. The minimum absolute atomic E-state index is 0.00547. The highest BCUT2D eigenvalue weighted by Crippen LogP contribution is 2.23. The number of amides is 2. The van der Waals surface area contributed by atoms with E-state index in [1.807, 2.05) is 0 Å². The highest BCUT2D eigenvalue weighted by Gasteiger charge is 2.36. The normalized spacial score (nSPS) is 19.6. The third-order valence-electron chi connectivity index (χ3n) is 3.44. The summed E-state index contributed by atoms with van der Waals surface area (Å²) in [5.41, 5.74) is -0.577. The molecule has 1 fully saturated rings. The van der Waals surface area contributed by atoms with Crippen LogP contribution in [0.3, 0.4) is 0 Å². The van der Waals surface area contributed by atoms with Crippen molar-refractivity contribution < 1.29 is 24.2 Å². The summed E-state index contributed by atoms with van der Waals surface area (Å²) in [5.74, 6) is -0.866. The maximum Gasteiger partial charge on any atom is 0.407 e. The van der Waals surface area contributed by atoms with E-state index in [0.717, 1.165) is 0 Å². The number of aliphatic carboxylic acids is 1. The number of nitrogens with one attached hydrogen (secondary N) is 1. The molecule has 1 saturated heterocycles. The van der Waals surface area contributed by atoms with Crippen LogP contribution in [0, 0.1) is 5.92 Å². The molecule has 7 nitrogen and oxygen atoms in total. The van der Waals surface area contributed by atoms with Crippen LogP contribution in [0.2, 0.25) is 0 Å². The van der Waals surface area contributed by atoms with Crippen molar-refractivity contribution in [1.29, 1.82) is 0 Å². The van der Waals surface area contributed by atoms with Crippen LogP contribution in [0.1, 0.15) is 40.0 Å². The van der Waals surface area contributed by atoms with Crippen molar-refractivity contribution in [1.82, 2.24) is 10.2 Å². The van der Waals surface area contributed by atoms with Gasteiger partial charge in [-0.2, -0.15) is 0 Å². The number of hydrogen-bond acceptors (Lipinski definition) is 4. The van der Waals surface area contributed by atoms with Gasteiger partial charge in [-0.3, -0.25) is 4.79 Å². The second-order valence-electron chi connectivity index (χ2n) is 6.70. The predicted molar refractivity (Wildman–Crippen MR) is 85.4 cm³/mol. The first-order chi connectivity index (χ1) is 10.6. The van der Waals surface area contributed by atoms with E-state index in [-0.39, 0.29) is 18.2 Å². The van der Waals surface area contributed by atoms with Crippen molar-refractivity contribution in [2.45, 2.75) is 51.7 Å². The summed E-state index contributed by atoms with van der Waals surface area (Å²) >= 11 is 5.75. The fraction of sp³-hybridized carbons (Fsp3) is 0.800. The first kappa shape index (κ1) is 19.5. The van der Waals surface area contributed by atoms with Gasteiger partial charge in [-0.15, -0.1) is 11.6 Å². The molecule has 0 aromatic carbocycles. The van der Waals surface area contributed by atoms with Crippen LogP contribution in [0.15, 0.2) is 0 Å². The molecule has 1 unspecified atom stereocenters. The molecule has 1 aliphatic rings. The Morgan fingerprint density at radius 3 is 2.61 bits per heavy atom. The molecule has 0 spiro atoms. The van der Waals surface area contributed by atoms with Crippen molar-refractivity contribution >= 4 is 29.6 Å². The Morgan fingerprint density at radius 1 is 1.48 bits per heavy atom. The third-order valence-corrected chi connectivity index (χ3v) is 3.88. The molecule has 1 aliphatic heterocycles. The monoisotopic (exact) mass is 348 g/mol. The van der Waals surface area contributed by atoms with E-state index in [4.69, 9.17) is 16.3 Å². The smallest absolute Gasteiger partial charge is 0.407 e. The van der Waals surface area contributed by atoms with Gasteiger partial charge in [0, 0.05) is 25.4 Å². The average molecular weight is 349 g/mol. The van der Waals surface area contributed by atoms with Crippen LogP contribution in [0.4, 0.5) is 4.79 Å². The molecule has 0 aromatic rings. The van der Waals surface area contributed by atoms with Gasteiger partial charge in [0.2, 0.25) is 5.91 Å². The van der Waals surface area contributed by atoms with E-state index < -0.39 is 23.7 Å². The van der Waals surface area contributed by atoms with Crippen molar-refractivity contribution in [3.8, 4) is 0 Å². The number of nitrogens with zero attached hydrogens (tertiary/aromatic N) is 1. The van der Waals surface area contributed by atoms with E-state index in [9.17, 15) is 19.5 Å². The van der Waals surface area contributed by atoms with Crippen molar-refractivity contribution in [2.24, 2.45) is 5.92 Å². The molecule has 2 amide bonds. The molecule has 0 saturated carbocycles. The third kappa shape index (κ3) is 6.64. The summed E-state index contributed by atoms with van der Waals surface area (Å²) in [6, 6.07) is -0.879. The number of halogens is 1. The number of alkyl halides is 1. The van der Waals surface area contributed by atoms with Gasteiger partial charge >= 0.3 is 12.1 Å². The van der Waals surface area contributed by atoms with E-state index in [1.165, 1.54) is 4.90 Å². The minimum atomic E-state index is -1.04. The molecular weight excluding hydrogens is 324 g/mol. The summed E-state index contributed by atoms with van der Waals surface area (Å²) in [6.07, 6.45) is 0.463. The van der Waals surface area contributed by atoms with E-state index in [0.29, 0.717) is 31.8 Å². The van der Waals surface area contributed by atoms with Crippen LogP contribution >= 0.6 is 11.6 Å². The molecule has 2 atom stereocenters. The Labute approximate surface area is 141 Å². The second kappa shape index (κ2) is 8.38. The SMILES string of the molecule is CC(C)(C)OC(=O)NCCC[C@@H](C(=O)O)N1CC(CCl)CC1=O. The van der Waals surface area contributed by atoms with Gasteiger partial charge < -0.3 is 20.1 Å². The average Bonchev–Trinajstić information content (AvgIpc) is 2.77. The molecule has 23 heavy (non-hydrogen) atoms. The van der Waals surface area contributed by atoms with Gasteiger partial charge in [0.25, 0.3) is 0 Å². The Hall–Kier alpha value is -1.50. The maximum absolute atomic E-state index is 11.9. The number of carbonyl (C=O) groups is 3. The van der Waals surface area contributed by atoms with Crippen LogP contribution < -0.4 is 5.32 Å². The van der Waals surface area contributed by atoms with E-state index >= 15 is 0 Å². The van der Waals surface area contributed by atoms with Gasteiger partial charge in [0.05, 0.1) is 0 Å². The fourth-order valence-electron chi connectivity index (χ4n) is 2.43. The zero-order valence-corrected chi connectivity index (χ0v) is 14.6. The summed E-state index contributed by atoms with van der Waals surface area (Å²) in [6.45, 7) is 5.95. The van der Waals surface area contributed by atoms with Crippen molar-refractivity contribution in [2.75, 3.05) is 19.0 Å². The van der Waals surface area contributed by atoms with Crippen LogP contribution in [-0.2, 0) is 14.3 Å². The van der Waals surface area contributed by atoms with Gasteiger partial charge in [-0.1, -0.05) is 0 Å². The summed E-state index contributed by atoms with van der Waals surface area (Å²) in [7, 11) is 0. The number of carboxylic acid groups (broad SMARTS) is 1. The Kier molecular flexibility index (Phi) is 7.12. The number of hydrogen-bond donors (Lipinski definition) is 2. The van der Waals surface area contributed by atoms with Gasteiger partial charge in [-0.05, 0) is 39.5 Å². The Balaban J connectivity index is 2.42. The predicted octanol–water partition coefficient (Wildman–Crippen LogP) is 1.83. The molecule has 8 heteroatoms. The molecule has 0 aromatic heterocycles.